The lowest BCUT2D eigenvalue weighted by Crippen LogP contribution is -2.44. The summed E-state index contributed by atoms with van der Waals surface area (Å²) in [6.45, 7) is 5.91. The van der Waals surface area contributed by atoms with Crippen LogP contribution in [0.5, 0.6) is 5.75 Å². The number of amides is 1. The quantitative estimate of drug-likeness (QED) is 0.770. The van der Waals surface area contributed by atoms with E-state index in [0.29, 0.717) is 22.9 Å². The summed E-state index contributed by atoms with van der Waals surface area (Å²) in [6, 6.07) is 5.05. The fourth-order valence-corrected chi connectivity index (χ4v) is 2.56. The van der Waals surface area contributed by atoms with Gasteiger partial charge in [0.1, 0.15) is 5.75 Å². The van der Waals surface area contributed by atoms with Gasteiger partial charge in [0, 0.05) is 37.7 Å². The maximum atomic E-state index is 12.2. The van der Waals surface area contributed by atoms with Crippen molar-refractivity contribution in [3.63, 3.8) is 0 Å². The average Bonchev–Trinajstić information content (AvgIpc) is 2.52. The van der Waals surface area contributed by atoms with E-state index in [2.05, 4.69) is 15.5 Å². The number of carbonyl (C=O) groups is 1. The van der Waals surface area contributed by atoms with Crippen LogP contribution in [0, 0.1) is 0 Å². The molecule has 5 nitrogen and oxygen atoms in total. The van der Waals surface area contributed by atoms with Crippen LogP contribution in [0.1, 0.15) is 16.8 Å². The van der Waals surface area contributed by atoms with E-state index >= 15 is 0 Å². The number of methoxy groups -OCH3 is 1. The van der Waals surface area contributed by atoms with E-state index in [0.717, 1.165) is 39.1 Å². The Labute approximate surface area is 142 Å². The number of carbonyl (C=O) groups excluding carboxylic acids is 1. The first-order chi connectivity index (χ1) is 10.2. The Bertz CT molecular complexity index is 480. The van der Waals surface area contributed by atoms with Gasteiger partial charge in [-0.05, 0) is 31.2 Å². The molecule has 1 aliphatic heterocycles. The topological polar surface area (TPSA) is 53.6 Å². The van der Waals surface area contributed by atoms with Gasteiger partial charge < -0.3 is 20.3 Å². The molecule has 0 bridgehead atoms. The number of nitrogens with zero attached hydrogens (tertiary/aromatic N) is 1. The van der Waals surface area contributed by atoms with Crippen molar-refractivity contribution >= 4 is 29.9 Å². The van der Waals surface area contributed by atoms with Crippen LogP contribution >= 0.6 is 24.0 Å². The summed E-state index contributed by atoms with van der Waals surface area (Å²) in [7, 11) is 1.55. The zero-order chi connectivity index (χ0) is 15.1. The summed E-state index contributed by atoms with van der Waals surface area (Å²) in [5.41, 5.74) is 0.479. The van der Waals surface area contributed by atoms with Gasteiger partial charge in [-0.25, -0.2) is 0 Å². The Hall–Kier alpha value is -1.01. The molecular weight excluding hydrogens is 325 g/mol. The lowest BCUT2D eigenvalue weighted by molar-refractivity contribution is 0.0948. The molecule has 7 heteroatoms. The minimum absolute atomic E-state index is 0. The third-order valence-corrected chi connectivity index (χ3v) is 3.79. The van der Waals surface area contributed by atoms with Gasteiger partial charge in [0.2, 0.25) is 0 Å². The van der Waals surface area contributed by atoms with Crippen molar-refractivity contribution < 1.29 is 9.53 Å². The Balaban J connectivity index is 0.00000242. The predicted molar refractivity (Wildman–Crippen MR) is 91.5 cm³/mol. The van der Waals surface area contributed by atoms with Crippen LogP contribution < -0.4 is 15.4 Å². The van der Waals surface area contributed by atoms with Gasteiger partial charge in [0.25, 0.3) is 5.91 Å². The molecule has 0 saturated carbocycles. The molecular formula is C15H23Cl2N3O2. The molecule has 0 aliphatic carbocycles. The minimum Gasteiger partial charge on any atom is -0.496 e. The van der Waals surface area contributed by atoms with Crippen molar-refractivity contribution in [2.24, 2.45) is 0 Å². The maximum Gasteiger partial charge on any atom is 0.255 e. The smallest absolute Gasteiger partial charge is 0.255 e. The Morgan fingerprint density at radius 3 is 2.82 bits per heavy atom. The average molecular weight is 348 g/mol. The highest BCUT2D eigenvalue weighted by Crippen LogP contribution is 2.22. The normalized spacial score (nSPS) is 15.0. The van der Waals surface area contributed by atoms with E-state index in [1.165, 1.54) is 0 Å². The van der Waals surface area contributed by atoms with E-state index in [1.807, 2.05) is 0 Å². The van der Waals surface area contributed by atoms with Gasteiger partial charge in [-0.15, -0.1) is 12.4 Å². The summed E-state index contributed by atoms with van der Waals surface area (Å²) in [4.78, 5) is 14.6. The van der Waals surface area contributed by atoms with Gasteiger partial charge in [0.15, 0.2) is 0 Å². The molecule has 0 spiro atoms. The zero-order valence-corrected chi connectivity index (χ0v) is 14.3. The first-order valence-electron chi connectivity index (χ1n) is 7.25. The molecule has 1 aromatic carbocycles. The molecule has 2 rings (SSSR count). The van der Waals surface area contributed by atoms with Crippen molar-refractivity contribution in [2.75, 3.05) is 46.4 Å². The fraction of sp³-hybridized carbons (Fsp3) is 0.533. The highest BCUT2D eigenvalue weighted by atomic mass is 35.5. The summed E-state index contributed by atoms with van der Waals surface area (Å²) in [5, 5.41) is 6.78. The van der Waals surface area contributed by atoms with Crippen molar-refractivity contribution in [1.29, 1.82) is 0 Å². The van der Waals surface area contributed by atoms with Crippen LogP contribution in [0.4, 0.5) is 0 Å². The number of halogens is 2. The summed E-state index contributed by atoms with van der Waals surface area (Å²) >= 11 is 5.93. The Kier molecular flexibility index (Phi) is 8.56. The second kappa shape index (κ2) is 9.90. The molecule has 2 N–H and O–H groups in total. The van der Waals surface area contributed by atoms with Crippen LogP contribution in [-0.4, -0.2) is 57.2 Å². The van der Waals surface area contributed by atoms with Crippen LogP contribution in [0.2, 0.25) is 5.02 Å². The third kappa shape index (κ3) is 5.65. The Morgan fingerprint density at radius 2 is 2.14 bits per heavy atom. The molecule has 124 valence electrons. The molecule has 0 aromatic heterocycles. The van der Waals surface area contributed by atoms with Crippen LogP contribution in [0.25, 0.3) is 0 Å². The standard InChI is InChI=1S/C15H22ClN3O2.ClH/c1-21-14-4-3-12(16)11-13(14)15(20)18-5-2-8-19-9-6-17-7-10-19;/h3-4,11,17H,2,5-10H2,1H3,(H,18,20);1H. The first-order valence-corrected chi connectivity index (χ1v) is 7.63. The van der Waals surface area contributed by atoms with Crippen LogP contribution in [0.15, 0.2) is 18.2 Å². The van der Waals surface area contributed by atoms with Crippen molar-refractivity contribution in [2.45, 2.75) is 6.42 Å². The van der Waals surface area contributed by atoms with E-state index in [1.54, 1.807) is 25.3 Å². The molecule has 1 saturated heterocycles. The predicted octanol–water partition coefficient (Wildman–Crippen LogP) is 1.80. The number of hydrogen-bond donors (Lipinski definition) is 2. The molecule has 22 heavy (non-hydrogen) atoms. The van der Waals surface area contributed by atoms with Gasteiger partial charge in [-0.1, -0.05) is 11.6 Å². The molecule has 1 fully saturated rings. The molecule has 1 aliphatic rings. The lowest BCUT2D eigenvalue weighted by Gasteiger charge is -2.27. The second-order valence-electron chi connectivity index (χ2n) is 5.05. The third-order valence-electron chi connectivity index (χ3n) is 3.55. The number of rotatable bonds is 6. The van der Waals surface area contributed by atoms with E-state index in [-0.39, 0.29) is 18.3 Å². The minimum atomic E-state index is -0.144. The molecule has 0 radical (unpaired) electrons. The number of benzene rings is 1. The number of ether oxygens (including phenoxy) is 1. The van der Waals surface area contributed by atoms with Crippen molar-refractivity contribution in [3.8, 4) is 5.75 Å². The second-order valence-corrected chi connectivity index (χ2v) is 5.48. The number of piperazine rings is 1. The van der Waals surface area contributed by atoms with Gasteiger partial charge in [0.05, 0.1) is 12.7 Å². The molecule has 1 heterocycles. The van der Waals surface area contributed by atoms with Gasteiger partial charge in [-0.3, -0.25) is 4.79 Å². The summed E-state index contributed by atoms with van der Waals surface area (Å²) in [5.74, 6) is 0.397. The number of hydrogen-bond acceptors (Lipinski definition) is 4. The number of nitrogens with one attached hydrogen (secondary N) is 2. The van der Waals surface area contributed by atoms with E-state index in [9.17, 15) is 4.79 Å². The zero-order valence-electron chi connectivity index (χ0n) is 12.7. The monoisotopic (exact) mass is 347 g/mol. The van der Waals surface area contributed by atoms with Crippen LogP contribution in [-0.2, 0) is 0 Å². The largest absolute Gasteiger partial charge is 0.496 e. The Morgan fingerprint density at radius 1 is 1.41 bits per heavy atom. The van der Waals surface area contributed by atoms with Crippen molar-refractivity contribution in [3.05, 3.63) is 28.8 Å². The molecule has 1 amide bonds. The van der Waals surface area contributed by atoms with Gasteiger partial charge >= 0.3 is 0 Å². The van der Waals surface area contributed by atoms with Crippen LogP contribution in [0.3, 0.4) is 0 Å². The van der Waals surface area contributed by atoms with Crippen molar-refractivity contribution in [1.82, 2.24) is 15.5 Å². The highest BCUT2D eigenvalue weighted by molar-refractivity contribution is 6.31. The van der Waals surface area contributed by atoms with E-state index in [4.69, 9.17) is 16.3 Å². The SMILES string of the molecule is COc1ccc(Cl)cc1C(=O)NCCCN1CCNCC1.Cl. The first kappa shape index (κ1) is 19.0. The maximum absolute atomic E-state index is 12.2. The highest BCUT2D eigenvalue weighted by Gasteiger charge is 2.13. The van der Waals surface area contributed by atoms with Gasteiger partial charge in [-0.2, -0.15) is 0 Å². The summed E-state index contributed by atoms with van der Waals surface area (Å²) in [6.07, 6.45) is 0.939. The molecule has 0 unspecified atom stereocenters. The summed E-state index contributed by atoms with van der Waals surface area (Å²) < 4.78 is 5.19. The fourth-order valence-electron chi connectivity index (χ4n) is 2.39. The lowest BCUT2D eigenvalue weighted by atomic mass is 10.2. The molecule has 1 aromatic rings. The van der Waals surface area contributed by atoms with E-state index < -0.39 is 0 Å². The molecule has 0 atom stereocenters.